The molecule has 5 heteroatoms. The standard InChI is InChI=1S/C120H101BN2Si2/c1-118(2,3)96-65-72-112(108(82-96)89-47-27-14-28-48-89)122-113-71-64-93(87-61-66-103(67-62-87)124(99-51-29-15-30-52-99,100-53-31-16-32-54-100)104-59-37-49-90(75-104)84-39-19-10-20-40-84)78-110(113)121-109-69-68-106(125(101-55-33-17-34-56-101,102-57-35-18-36-58-102)105-60-38-50-91(76-105)85-41-21-11-22-42-85)83-114(109)123(111-70-63-92(86-43-23-12-24-44-86)77-107(111)88-45-25-13-26-46-88)116-80-95(79-115(122)117(116)121)94-73-97(119(4,5)6)81-98(74-94)120(7,8)9/h10-83H,1-9H3/i10D,19D,20D,39D,40D. The average molecular weight is 1640 g/mol. The number of benzene rings is 18. The van der Waals surface area contributed by atoms with Gasteiger partial charge < -0.3 is 9.80 Å². The molecule has 2 aliphatic rings. The van der Waals surface area contributed by atoms with E-state index < -0.39 is 22.2 Å². The van der Waals surface area contributed by atoms with E-state index in [1.165, 1.54) is 48.4 Å². The van der Waals surface area contributed by atoms with Crippen LogP contribution in [-0.2, 0) is 16.2 Å². The first kappa shape index (κ1) is 73.7. The lowest BCUT2D eigenvalue weighted by Crippen LogP contribution is -2.75. The molecule has 0 bridgehead atoms. The van der Waals surface area contributed by atoms with Gasteiger partial charge in [-0.2, -0.15) is 0 Å². The van der Waals surface area contributed by atoms with Crippen molar-refractivity contribution in [2.45, 2.75) is 78.6 Å². The van der Waals surface area contributed by atoms with E-state index in [0.717, 1.165) is 127 Å². The Morgan fingerprint density at radius 3 is 1.02 bits per heavy atom. The van der Waals surface area contributed by atoms with Gasteiger partial charge in [-0.3, -0.25) is 0 Å². The average Bonchev–Trinajstić information content (AvgIpc) is 0.685. The van der Waals surface area contributed by atoms with Crippen LogP contribution < -0.4 is 67.7 Å². The summed E-state index contributed by atoms with van der Waals surface area (Å²) in [6.45, 7) is 20.7. The third-order valence-electron chi connectivity index (χ3n) is 26.1. The van der Waals surface area contributed by atoms with Crippen LogP contribution in [0.4, 0.5) is 34.1 Å². The molecule has 20 rings (SSSR count). The molecule has 0 saturated heterocycles. The first-order chi connectivity index (χ1) is 62.9. The van der Waals surface area contributed by atoms with Crippen LogP contribution in [-0.4, -0.2) is 22.9 Å². The Morgan fingerprint density at radius 1 is 0.208 bits per heavy atom. The lowest BCUT2D eigenvalue weighted by Gasteiger charge is -2.46. The second kappa shape index (κ2) is 32.4. The lowest BCUT2D eigenvalue weighted by molar-refractivity contribution is 0.569. The van der Waals surface area contributed by atoms with E-state index in [0.29, 0.717) is 5.56 Å². The molecule has 0 unspecified atom stereocenters. The van der Waals surface area contributed by atoms with Crippen molar-refractivity contribution >= 4 is 115 Å². The summed E-state index contributed by atoms with van der Waals surface area (Å²) in [5, 5.41) is 9.51. The maximum Gasteiger partial charge on any atom is 0.252 e. The quantitative estimate of drug-likeness (QED) is 0.0662. The second-order valence-electron chi connectivity index (χ2n) is 36.8. The Hall–Kier alpha value is -13.9. The van der Waals surface area contributed by atoms with Crippen LogP contribution in [0.5, 0.6) is 0 Å². The van der Waals surface area contributed by atoms with Gasteiger partial charge in [0.05, 0.1) is 18.2 Å². The van der Waals surface area contributed by atoms with Gasteiger partial charge >= 0.3 is 0 Å². The predicted octanol–water partition coefficient (Wildman–Crippen LogP) is 24.1. The van der Waals surface area contributed by atoms with Crippen molar-refractivity contribution in [3.8, 4) is 77.9 Å². The van der Waals surface area contributed by atoms with Gasteiger partial charge in [-0.05, 0) is 206 Å². The van der Waals surface area contributed by atoms with Crippen LogP contribution >= 0.6 is 0 Å². The van der Waals surface area contributed by atoms with E-state index in [1.54, 1.807) is 0 Å². The van der Waals surface area contributed by atoms with Gasteiger partial charge in [0, 0.05) is 33.9 Å². The molecule has 0 aromatic heterocycles. The number of rotatable bonds is 17. The van der Waals surface area contributed by atoms with E-state index in [-0.39, 0.29) is 52.7 Å². The van der Waals surface area contributed by atoms with Crippen LogP contribution in [0.3, 0.4) is 0 Å². The van der Waals surface area contributed by atoms with Crippen LogP contribution in [0.15, 0.2) is 449 Å². The van der Waals surface area contributed by atoms with Gasteiger partial charge in [-0.1, -0.05) is 463 Å². The normalized spacial score (nSPS) is 13.2. The highest BCUT2D eigenvalue weighted by Crippen LogP contribution is 2.52. The second-order valence-corrected chi connectivity index (χ2v) is 44.4. The molecular weight excluding hydrogens is 1540 g/mol. The molecule has 0 N–H and O–H groups in total. The number of nitrogens with zero attached hydrogens (tertiary/aromatic N) is 2. The lowest BCUT2D eigenvalue weighted by atomic mass is 9.33. The first-order valence-corrected chi connectivity index (χ1v) is 47.8. The van der Waals surface area contributed by atoms with E-state index in [1.807, 2.05) is 12.1 Å². The van der Waals surface area contributed by atoms with Crippen molar-refractivity contribution < 1.29 is 6.85 Å². The van der Waals surface area contributed by atoms with Gasteiger partial charge in [0.25, 0.3) is 6.71 Å². The summed E-state index contributed by atoms with van der Waals surface area (Å²) < 4.78 is 44.8. The first-order valence-electron chi connectivity index (χ1n) is 46.3. The van der Waals surface area contributed by atoms with Crippen LogP contribution in [0.2, 0.25) is 0 Å². The topological polar surface area (TPSA) is 6.48 Å². The third-order valence-corrected chi connectivity index (χ3v) is 35.6. The minimum atomic E-state index is -3.43. The molecule has 125 heavy (non-hydrogen) atoms. The molecule has 0 saturated carbocycles. The van der Waals surface area contributed by atoms with Gasteiger partial charge in [-0.15, -0.1) is 0 Å². The Labute approximate surface area is 748 Å². The largest absolute Gasteiger partial charge is 0.311 e. The Balaban J connectivity index is 0.911. The van der Waals surface area contributed by atoms with E-state index >= 15 is 0 Å². The van der Waals surface area contributed by atoms with Gasteiger partial charge in [0.2, 0.25) is 0 Å². The van der Waals surface area contributed by atoms with Gasteiger partial charge in [0.1, 0.15) is 0 Å². The number of hydrogen-bond acceptors (Lipinski definition) is 2. The van der Waals surface area contributed by atoms with Gasteiger partial charge in [-0.25, -0.2) is 0 Å². The van der Waals surface area contributed by atoms with E-state index in [2.05, 4.69) is 479 Å². The van der Waals surface area contributed by atoms with Crippen molar-refractivity contribution in [2.24, 2.45) is 0 Å². The molecule has 602 valence electrons. The summed E-state index contributed by atoms with van der Waals surface area (Å²) >= 11 is 0. The number of anilines is 6. The summed E-state index contributed by atoms with van der Waals surface area (Å²) in [4.78, 5) is 5.34. The molecule has 18 aromatic rings. The highest BCUT2D eigenvalue weighted by atomic mass is 28.3. The summed E-state index contributed by atoms with van der Waals surface area (Å²) in [6, 6.07) is 156. The fourth-order valence-electron chi connectivity index (χ4n) is 19.7. The molecule has 0 spiro atoms. The zero-order valence-electron chi connectivity index (χ0n) is 77.3. The third kappa shape index (κ3) is 14.5. The molecule has 2 aliphatic heterocycles. The van der Waals surface area contributed by atoms with Crippen molar-refractivity contribution in [3.63, 3.8) is 0 Å². The molecule has 2 nitrogen and oxygen atoms in total. The molecular formula is C120H101BN2Si2. The minimum Gasteiger partial charge on any atom is -0.311 e. The Morgan fingerprint density at radius 2 is 0.544 bits per heavy atom. The summed E-state index contributed by atoms with van der Waals surface area (Å²) in [5.41, 5.74) is 27.3. The van der Waals surface area contributed by atoms with Crippen molar-refractivity contribution in [2.75, 3.05) is 9.80 Å². The monoisotopic (exact) mass is 1640 g/mol. The number of hydrogen-bond donors (Lipinski definition) is 0. The molecule has 0 fully saturated rings. The summed E-state index contributed by atoms with van der Waals surface area (Å²) in [6.07, 6.45) is 0. The molecule has 0 radical (unpaired) electrons. The van der Waals surface area contributed by atoms with Crippen molar-refractivity contribution in [1.29, 1.82) is 0 Å². The van der Waals surface area contributed by atoms with Crippen LogP contribution in [0.1, 0.15) is 85.9 Å². The molecule has 2 heterocycles. The molecule has 18 aromatic carbocycles. The maximum atomic E-state index is 9.28. The van der Waals surface area contributed by atoms with Gasteiger partial charge in [0.15, 0.2) is 16.1 Å². The summed E-state index contributed by atoms with van der Waals surface area (Å²) in [7, 11) is -6.81. The van der Waals surface area contributed by atoms with Crippen LogP contribution in [0, 0.1) is 0 Å². The molecule has 0 aliphatic carbocycles. The van der Waals surface area contributed by atoms with E-state index in [4.69, 9.17) is 4.11 Å². The highest BCUT2D eigenvalue weighted by molar-refractivity contribution is 7.20. The van der Waals surface area contributed by atoms with Crippen LogP contribution in [0.25, 0.3) is 77.9 Å². The Bertz CT molecular complexity index is 7190. The van der Waals surface area contributed by atoms with Crippen molar-refractivity contribution in [3.05, 3.63) is 465 Å². The number of fused-ring (bicyclic) bond motifs is 4. The zero-order chi connectivity index (χ0) is 89.5. The SMILES string of the molecule is [2H]c1c([2H])c([2H])c(-c2cccc([Si](c3ccccc3)(c3ccccc3)c3ccc(-c4ccc5c(c4)B4c6ccc([Si](c7ccccc7)(c7ccccc7)c7cccc(-c8ccccc8)c7)cc6N(c6ccc(-c7ccccc7)cc6-c6ccccc6)c6cc(-c7cc(C(C)(C)C)cc(C(C)(C)C)c7)cc(c64)N5c4ccc(C(C)(C)C)cc4-c4ccccc4)cc3)c2)c([2H])c1[2H]. The zero-order valence-corrected chi connectivity index (χ0v) is 74.3. The Kier molecular flexibility index (Phi) is 19.1. The fraction of sp³-hybridized carbons (Fsp3) is 0.100. The smallest absolute Gasteiger partial charge is 0.252 e. The maximum absolute atomic E-state index is 9.28. The minimum absolute atomic E-state index is 0.175. The highest BCUT2D eigenvalue weighted by Gasteiger charge is 2.49. The summed E-state index contributed by atoms with van der Waals surface area (Å²) in [5.74, 6) is 0. The van der Waals surface area contributed by atoms with E-state index in [9.17, 15) is 2.74 Å². The van der Waals surface area contributed by atoms with Crippen molar-refractivity contribution in [1.82, 2.24) is 0 Å². The fourth-order valence-corrected chi connectivity index (χ4v) is 29.3. The predicted molar refractivity (Wildman–Crippen MR) is 542 cm³/mol. The molecule has 0 atom stereocenters. The molecule has 0 amide bonds.